The largest absolute Gasteiger partial charge is 0.497 e. The van der Waals surface area contributed by atoms with Crippen molar-refractivity contribution in [1.82, 2.24) is 9.97 Å². The van der Waals surface area contributed by atoms with Crippen molar-refractivity contribution in [3.05, 3.63) is 42.0 Å². The van der Waals surface area contributed by atoms with Crippen molar-refractivity contribution < 1.29 is 4.74 Å². The molecule has 2 aromatic rings. The van der Waals surface area contributed by atoms with Crippen molar-refractivity contribution in [2.45, 2.75) is 13.5 Å². The molecule has 5 heteroatoms. The van der Waals surface area contributed by atoms with Gasteiger partial charge in [0.2, 0.25) is 0 Å². The van der Waals surface area contributed by atoms with E-state index in [1.54, 1.807) is 25.6 Å². The molecule has 0 unspecified atom stereocenters. The van der Waals surface area contributed by atoms with Crippen LogP contribution in [0.1, 0.15) is 11.4 Å². The minimum absolute atomic E-state index is 0.587. The number of nitrogens with two attached hydrogens (primary N) is 1. The Morgan fingerprint density at radius 1 is 1.28 bits per heavy atom. The molecule has 1 heterocycles. The van der Waals surface area contributed by atoms with Crippen LogP contribution in [0.2, 0.25) is 0 Å². The summed E-state index contributed by atoms with van der Waals surface area (Å²) in [6.45, 7) is 2.50. The quantitative estimate of drug-likeness (QED) is 0.805. The monoisotopic (exact) mass is 244 g/mol. The van der Waals surface area contributed by atoms with Gasteiger partial charge >= 0.3 is 0 Å². The Kier molecular flexibility index (Phi) is 3.62. The summed E-state index contributed by atoms with van der Waals surface area (Å²) in [5, 5.41) is 3.22. The van der Waals surface area contributed by atoms with Gasteiger partial charge in [-0.15, -0.1) is 0 Å². The number of hydrogen-bond donors (Lipinski definition) is 2. The van der Waals surface area contributed by atoms with E-state index in [-0.39, 0.29) is 0 Å². The van der Waals surface area contributed by atoms with E-state index in [4.69, 9.17) is 10.5 Å². The number of hydrogen-bond acceptors (Lipinski definition) is 5. The first-order valence-electron chi connectivity index (χ1n) is 5.64. The van der Waals surface area contributed by atoms with E-state index in [0.29, 0.717) is 12.2 Å². The Morgan fingerprint density at radius 2 is 2.11 bits per heavy atom. The van der Waals surface area contributed by atoms with E-state index in [0.717, 1.165) is 22.8 Å². The van der Waals surface area contributed by atoms with Crippen LogP contribution in [-0.2, 0) is 6.54 Å². The molecule has 18 heavy (non-hydrogen) atoms. The van der Waals surface area contributed by atoms with E-state index in [1.165, 1.54) is 0 Å². The number of aromatic nitrogens is 2. The predicted octanol–water partition coefficient (Wildman–Crippen LogP) is 1.99. The second kappa shape index (κ2) is 5.35. The van der Waals surface area contributed by atoms with Gasteiger partial charge in [0.1, 0.15) is 5.75 Å². The first-order chi connectivity index (χ1) is 8.69. The second-order valence-corrected chi connectivity index (χ2v) is 3.96. The van der Waals surface area contributed by atoms with Crippen LogP contribution in [0.15, 0.2) is 30.6 Å². The van der Waals surface area contributed by atoms with Gasteiger partial charge < -0.3 is 15.8 Å². The molecule has 0 radical (unpaired) electrons. The number of rotatable bonds is 4. The summed E-state index contributed by atoms with van der Waals surface area (Å²) in [4.78, 5) is 8.45. The maximum absolute atomic E-state index is 5.91. The number of anilines is 2. The van der Waals surface area contributed by atoms with Crippen LogP contribution >= 0.6 is 0 Å². The molecule has 0 spiro atoms. The van der Waals surface area contributed by atoms with Crippen molar-refractivity contribution in [1.29, 1.82) is 0 Å². The molecular weight excluding hydrogens is 228 g/mol. The Morgan fingerprint density at radius 3 is 2.72 bits per heavy atom. The van der Waals surface area contributed by atoms with Gasteiger partial charge in [0.25, 0.3) is 0 Å². The standard InChI is InChI=1S/C13H16N4O/c1-9-6-16-10(7-15-9)8-17-13-4-3-11(18-2)5-12(13)14/h3-7,17H,8,14H2,1-2H3. The molecule has 2 rings (SSSR count). The first-order valence-corrected chi connectivity index (χ1v) is 5.64. The molecular formula is C13H16N4O. The number of aryl methyl sites for hydroxylation is 1. The van der Waals surface area contributed by atoms with Crippen LogP contribution in [0.4, 0.5) is 11.4 Å². The minimum Gasteiger partial charge on any atom is -0.497 e. The molecule has 0 aliphatic rings. The molecule has 3 N–H and O–H groups in total. The zero-order valence-corrected chi connectivity index (χ0v) is 10.5. The Bertz CT molecular complexity index is 525. The smallest absolute Gasteiger partial charge is 0.121 e. The van der Waals surface area contributed by atoms with E-state index in [2.05, 4.69) is 15.3 Å². The molecule has 0 aliphatic carbocycles. The van der Waals surface area contributed by atoms with Crippen LogP contribution in [0, 0.1) is 6.92 Å². The Labute approximate surface area is 106 Å². The number of methoxy groups -OCH3 is 1. The lowest BCUT2D eigenvalue weighted by Gasteiger charge is -2.10. The number of nitrogens with one attached hydrogen (secondary N) is 1. The fraction of sp³-hybridized carbons (Fsp3) is 0.231. The third-order valence-corrected chi connectivity index (χ3v) is 2.55. The summed E-state index contributed by atoms with van der Waals surface area (Å²) >= 11 is 0. The van der Waals surface area contributed by atoms with Crippen LogP contribution in [0.5, 0.6) is 5.75 Å². The van der Waals surface area contributed by atoms with Crippen molar-refractivity contribution in [2.24, 2.45) is 0 Å². The predicted molar refractivity (Wildman–Crippen MR) is 71.5 cm³/mol. The molecule has 5 nitrogen and oxygen atoms in total. The molecule has 1 aromatic carbocycles. The normalized spacial score (nSPS) is 10.1. The summed E-state index contributed by atoms with van der Waals surface area (Å²) in [5.41, 5.74) is 9.19. The Balaban J connectivity index is 2.04. The third-order valence-electron chi connectivity index (χ3n) is 2.55. The van der Waals surface area contributed by atoms with Crippen LogP contribution < -0.4 is 15.8 Å². The molecule has 0 atom stereocenters. The van der Waals surface area contributed by atoms with Gasteiger partial charge in [0.05, 0.1) is 42.6 Å². The summed E-state index contributed by atoms with van der Waals surface area (Å²) in [6.07, 6.45) is 3.50. The van der Waals surface area contributed by atoms with E-state index < -0.39 is 0 Å². The third kappa shape index (κ3) is 2.88. The highest BCUT2D eigenvalue weighted by atomic mass is 16.5. The van der Waals surface area contributed by atoms with E-state index >= 15 is 0 Å². The molecule has 94 valence electrons. The summed E-state index contributed by atoms with van der Waals surface area (Å²) in [5.74, 6) is 0.744. The lowest BCUT2D eigenvalue weighted by molar-refractivity contribution is 0.415. The van der Waals surface area contributed by atoms with Gasteiger partial charge in [-0.1, -0.05) is 0 Å². The molecule has 0 saturated carbocycles. The van der Waals surface area contributed by atoms with Crippen molar-refractivity contribution in [3.63, 3.8) is 0 Å². The topological polar surface area (TPSA) is 73.1 Å². The van der Waals surface area contributed by atoms with Gasteiger partial charge in [0.15, 0.2) is 0 Å². The Hall–Kier alpha value is -2.30. The molecule has 0 saturated heterocycles. The number of ether oxygens (including phenoxy) is 1. The molecule has 1 aromatic heterocycles. The van der Waals surface area contributed by atoms with E-state index in [9.17, 15) is 0 Å². The van der Waals surface area contributed by atoms with Gasteiger partial charge in [-0.05, 0) is 19.1 Å². The summed E-state index contributed by atoms with van der Waals surface area (Å²) < 4.78 is 5.10. The van der Waals surface area contributed by atoms with Gasteiger partial charge in [-0.25, -0.2) is 0 Å². The van der Waals surface area contributed by atoms with Gasteiger partial charge in [0, 0.05) is 12.3 Å². The van der Waals surface area contributed by atoms with Crippen molar-refractivity contribution >= 4 is 11.4 Å². The van der Waals surface area contributed by atoms with Crippen LogP contribution in [0.25, 0.3) is 0 Å². The van der Waals surface area contributed by atoms with Crippen LogP contribution in [-0.4, -0.2) is 17.1 Å². The number of nitrogens with zero attached hydrogens (tertiary/aromatic N) is 2. The van der Waals surface area contributed by atoms with E-state index in [1.807, 2.05) is 19.1 Å². The number of benzene rings is 1. The minimum atomic E-state index is 0.587. The maximum atomic E-state index is 5.91. The van der Waals surface area contributed by atoms with Crippen molar-refractivity contribution in [3.8, 4) is 5.75 Å². The average Bonchev–Trinajstić information content (AvgIpc) is 2.39. The zero-order chi connectivity index (χ0) is 13.0. The molecule has 0 aliphatic heterocycles. The zero-order valence-electron chi connectivity index (χ0n) is 10.5. The molecule has 0 amide bonds. The fourth-order valence-corrected chi connectivity index (χ4v) is 1.53. The molecule has 0 bridgehead atoms. The van der Waals surface area contributed by atoms with Gasteiger partial charge in [-0.2, -0.15) is 0 Å². The van der Waals surface area contributed by atoms with Crippen LogP contribution in [0.3, 0.4) is 0 Å². The summed E-state index contributed by atoms with van der Waals surface area (Å²) in [7, 11) is 1.61. The second-order valence-electron chi connectivity index (χ2n) is 3.96. The molecule has 0 fully saturated rings. The highest BCUT2D eigenvalue weighted by Crippen LogP contribution is 2.24. The van der Waals surface area contributed by atoms with Crippen molar-refractivity contribution in [2.75, 3.05) is 18.2 Å². The SMILES string of the molecule is COc1ccc(NCc2cnc(C)cn2)c(N)c1. The first kappa shape index (κ1) is 12.2. The number of nitrogen functional groups attached to an aromatic ring is 1. The van der Waals surface area contributed by atoms with Gasteiger partial charge in [-0.3, -0.25) is 9.97 Å². The highest BCUT2D eigenvalue weighted by Gasteiger charge is 2.01. The highest BCUT2D eigenvalue weighted by molar-refractivity contribution is 5.68. The maximum Gasteiger partial charge on any atom is 0.121 e. The average molecular weight is 244 g/mol. The lowest BCUT2D eigenvalue weighted by atomic mass is 10.2. The lowest BCUT2D eigenvalue weighted by Crippen LogP contribution is -2.04. The fourth-order valence-electron chi connectivity index (χ4n) is 1.53. The summed E-state index contributed by atoms with van der Waals surface area (Å²) in [6, 6.07) is 5.53.